The van der Waals surface area contributed by atoms with E-state index >= 15 is 0 Å². The fourth-order valence-corrected chi connectivity index (χ4v) is 4.28. The molecule has 158 valence electrons. The molecule has 0 aliphatic heterocycles. The van der Waals surface area contributed by atoms with Crippen LogP contribution in [0.25, 0.3) is 17.4 Å². The summed E-state index contributed by atoms with van der Waals surface area (Å²) in [7, 11) is -3.56. The van der Waals surface area contributed by atoms with E-state index in [2.05, 4.69) is 15.5 Å². The Kier molecular flexibility index (Phi) is 6.23. The number of nitrogens with zero attached hydrogens (tertiary/aromatic N) is 4. The minimum atomic E-state index is -3.56. The predicted molar refractivity (Wildman–Crippen MR) is 111 cm³/mol. The fraction of sp³-hybridized carbons (Fsp3) is 0.111. The van der Waals surface area contributed by atoms with Crippen LogP contribution in [0.4, 0.5) is 10.8 Å². The number of carbonyl (C=O) groups excluding carboxylic acids is 1. The van der Waals surface area contributed by atoms with Crippen LogP contribution in [-0.4, -0.2) is 35.2 Å². The van der Waals surface area contributed by atoms with E-state index in [-0.39, 0.29) is 32.2 Å². The van der Waals surface area contributed by atoms with Gasteiger partial charge in [-0.3, -0.25) is 20.2 Å². The first-order chi connectivity index (χ1) is 14.7. The summed E-state index contributed by atoms with van der Waals surface area (Å²) in [4.78, 5) is 22.6. The second-order valence-electron chi connectivity index (χ2n) is 5.91. The van der Waals surface area contributed by atoms with Gasteiger partial charge < -0.3 is 4.42 Å². The topological polar surface area (TPSA) is 169 Å². The van der Waals surface area contributed by atoms with E-state index in [0.29, 0.717) is 22.7 Å². The highest BCUT2D eigenvalue weighted by molar-refractivity contribution is 7.93. The lowest BCUT2D eigenvalue weighted by molar-refractivity contribution is -0.384. The maximum absolute atomic E-state index is 12.3. The molecule has 11 nitrogen and oxygen atoms in total. The number of nitrogens with one attached hydrogen (secondary N) is 1. The summed E-state index contributed by atoms with van der Waals surface area (Å²) >= 11 is 0.681. The molecule has 0 radical (unpaired) electrons. The van der Waals surface area contributed by atoms with Crippen LogP contribution in [0.3, 0.4) is 0 Å². The van der Waals surface area contributed by atoms with Crippen LogP contribution in [0, 0.1) is 21.4 Å². The third kappa shape index (κ3) is 5.00. The van der Waals surface area contributed by atoms with Gasteiger partial charge in [0.25, 0.3) is 11.6 Å². The molecular formula is C18H13N5O6S2. The van der Waals surface area contributed by atoms with E-state index < -0.39 is 20.7 Å². The van der Waals surface area contributed by atoms with Crippen LogP contribution in [0.2, 0.25) is 0 Å². The number of nitriles is 1. The highest BCUT2D eigenvalue weighted by Crippen LogP contribution is 2.26. The van der Waals surface area contributed by atoms with Gasteiger partial charge in [-0.1, -0.05) is 18.3 Å². The van der Waals surface area contributed by atoms with Crippen LogP contribution >= 0.6 is 11.3 Å². The summed E-state index contributed by atoms with van der Waals surface area (Å²) in [6.45, 7) is 1.46. The molecule has 3 rings (SSSR count). The Morgan fingerprint density at radius 3 is 2.61 bits per heavy atom. The minimum Gasteiger partial charge on any atom is -0.457 e. The Balaban J connectivity index is 1.77. The highest BCUT2D eigenvalue weighted by Gasteiger charge is 2.20. The first kappa shape index (κ1) is 21.8. The molecule has 1 amide bonds. The van der Waals surface area contributed by atoms with Crippen LogP contribution < -0.4 is 5.32 Å². The zero-order valence-corrected chi connectivity index (χ0v) is 17.4. The SMILES string of the molecule is CCS(=O)(=O)c1nnc(NC(=O)/C(C#N)=C\c2ccc(-c3ccc([N+](=O)[O-])cc3)o2)s1. The lowest BCUT2D eigenvalue weighted by atomic mass is 10.1. The average Bonchev–Trinajstić information content (AvgIpc) is 3.42. The molecule has 2 aromatic heterocycles. The number of hydrogen-bond acceptors (Lipinski definition) is 10. The van der Waals surface area contributed by atoms with E-state index in [9.17, 15) is 28.6 Å². The molecule has 13 heteroatoms. The number of rotatable bonds is 7. The zero-order valence-electron chi connectivity index (χ0n) is 15.8. The van der Waals surface area contributed by atoms with Crippen molar-refractivity contribution in [2.24, 2.45) is 0 Å². The largest absolute Gasteiger partial charge is 0.457 e. The quantitative estimate of drug-likeness (QED) is 0.183. The van der Waals surface area contributed by atoms with Crippen molar-refractivity contribution in [1.29, 1.82) is 5.26 Å². The molecular weight excluding hydrogens is 446 g/mol. The number of nitro benzene ring substituents is 1. The molecule has 0 bridgehead atoms. The molecule has 0 aliphatic carbocycles. The monoisotopic (exact) mass is 459 g/mol. The van der Waals surface area contributed by atoms with Gasteiger partial charge in [0.15, 0.2) is 0 Å². The van der Waals surface area contributed by atoms with Crippen molar-refractivity contribution in [2.45, 2.75) is 11.3 Å². The molecule has 31 heavy (non-hydrogen) atoms. The Morgan fingerprint density at radius 1 is 1.29 bits per heavy atom. The Hall–Kier alpha value is -3.89. The number of anilines is 1. The highest BCUT2D eigenvalue weighted by atomic mass is 32.2. The smallest absolute Gasteiger partial charge is 0.269 e. The van der Waals surface area contributed by atoms with Crippen LogP contribution in [0.15, 0.2) is 50.7 Å². The molecule has 3 aromatic rings. The lowest BCUT2D eigenvalue weighted by Crippen LogP contribution is -2.13. The molecule has 0 aliphatic rings. The summed E-state index contributed by atoms with van der Waals surface area (Å²) in [5.74, 6) is -0.384. The standard InChI is InChI=1S/C18H13N5O6S2/c1-2-31(27,28)18-22-21-17(30-18)20-16(24)12(10-19)9-14-7-8-15(29-14)11-3-5-13(6-4-11)23(25)26/h3-9H,2H2,1H3,(H,20,21,24)/b12-9-. The number of benzene rings is 1. The second kappa shape index (κ2) is 8.86. The molecule has 1 aromatic carbocycles. The summed E-state index contributed by atoms with van der Waals surface area (Å²) in [5.41, 5.74) is 0.205. The van der Waals surface area contributed by atoms with Gasteiger partial charge in [-0.25, -0.2) is 8.42 Å². The first-order valence-electron chi connectivity index (χ1n) is 8.57. The summed E-state index contributed by atoms with van der Waals surface area (Å²) in [6, 6.07) is 10.5. The summed E-state index contributed by atoms with van der Waals surface area (Å²) in [5, 5.41) is 29.4. The molecule has 1 N–H and O–H groups in total. The Bertz CT molecular complexity index is 1320. The van der Waals surface area contributed by atoms with Crippen LogP contribution in [-0.2, 0) is 14.6 Å². The number of aromatic nitrogens is 2. The first-order valence-corrected chi connectivity index (χ1v) is 11.0. The van der Waals surface area contributed by atoms with Gasteiger partial charge in [0.05, 0.1) is 10.7 Å². The molecule has 2 heterocycles. The average molecular weight is 459 g/mol. The summed E-state index contributed by atoms with van der Waals surface area (Å²) in [6.07, 6.45) is 1.20. The Morgan fingerprint density at radius 2 is 2.00 bits per heavy atom. The van der Waals surface area contributed by atoms with E-state index in [1.165, 1.54) is 43.3 Å². The number of non-ortho nitro benzene ring substituents is 1. The molecule has 0 saturated heterocycles. The van der Waals surface area contributed by atoms with Gasteiger partial charge in [-0.05, 0) is 24.3 Å². The third-order valence-electron chi connectivity index (χ3n) is 3.91. The van der Waals surface area contributed by atoms with Gasteiger partial charge in [-0.2, -0.15) is 5.26 Å². The van der Waals surface area contributed by atoms with Crippen molar-refractivity contribution < 1.29 is 22.6 Å². The van der Waals surface area contributed by atoms with Gasteiger partial charge in [0.2, 0.25) is 19.3 Å². The predicted octanol–water partition coefficient (Wildman–Crippen LogP) is 3.05. The molecule has 0 fully saturated rings. The van der Waals surface area contributed by atoms with E-state index in [0.717, 1.165) is 0 Å². The number of amides is 1. The van der Waals surface area contributed by atoms with E-state index in [4.69, 9.17) is 4.42 Å². The minimum absolute atomic E-state index is 0.0644. The lowest BCUT2D eigenvalue weighted by Gasteiger charge is -1.99. The maximum atomic E-state index is 12.3. The van der Waals surface area contributed by atoms with Crippen molar-refractivity contribution in [1.82, 2.24) is 10.2 Å². The molecule has 0 unspecified atom stereocenters. The van der Waals surface area contributed by atoms with E-state index in [1.807, 2.05) is 0 Å². The van der Waals surface area contributed by atoms with Crippen molar-refractivity contribution in [3.8, 4) is 17.4 Å². The molecule has 0 atom stereocenters. The number of hydrogen-bond donors (Lipinski definition) is 1. The zero-order chi connectivity index (χ0) is 22.6. The van der Waals surface area contributed by atoms with Crippen molar-refractivity contribution in [2.75, 3.05) is 11.1 Å². The molecule has 0 spiro atoms. The van der Waals surface area contributed by atoms with Crippen molar-refractivity contribution in [3.05, 3.63) is 57.8 Å². The van der Waals surface area contributed by atoms with Crippen LogP contribution in [0.1, 0.15) is 12.7 Å². The number of sulfone groups is 1. The van der Waals surface area contributed by atoms with Gasteiger partial charge >= 0.3 is 0 Å². The fourth-order valence-electron chi connectivity index (χ4n) is 2.30. The number of furan rings is 1. The molecule has 0 saturated carbocycles. The third-order valence-corrected chi connectivity index (χ3v) is 6.93. The van der Waals surface area contributed by atoms with Gasteiger partial charge in [0, 0.05) is 23.8 Å². The number of nitro groups is 1. The van der Waals surface area contributed by atoms with Crippen molar-refractivity contribution >= 4 is 44.0 Å². The van der Waals surface area contributed by atoms with Gasteiger partial charge in [-0.15, -0.1) is 10.2 Å². The Labute approximate surface area is 179 Å². The maximum Gasteiger partial charge on any atom is 0.269 e. The van der Waals surface area contributed by atoms with Gasteiger partial charge in [0.1, 0.15) is 23.2 Å². The number of carbonyl (C=O) groups is 1. The van der Waals surface area contributed by atoms with Crippen LogP contribution in [0.5, 0.6) is 0 Å². The van der Waals surface area contributed by atoms with E-state index in [1.54, 1.807) is 12.1 Å². The second-order valence-corrected chi connectivity index (χ2v) is 9.34. The normalized spacial score (nSPS) is 11.7. The summed E-state index contributed by atoms with van der Waals surface area (Å²) < 4.78 is 28.9. The van der Waals surface area contributed by atoms with Crippen molar-refractivity contribution in [3.63, 3.8) is 0 Å².